The summed E-state index contributed by atoms with van der Waals surface area (Å²) in [6.07, 6.45) is 4.83. The molecule has 1 fully saturated rings. The van der Waals surface area contributed by atoms with E-state index in [-0.39, 0.29) is 11.2 Å². The van der Waals surface area contributed by atoms with Gasteiger partial charge in [0.05, 0.1) is 5.25 Å². The van der Waals surface area contributed by atoms with Crippen molar-refractivity contribution >= 4 is 17.7 Å². The van der Waals surface area contributed by atoms with Crippen LogP contribution in [0.1, 0.15) is 51.1 Å². The number of benzene rings is 1. The molecular weight excluding hydrogens is 332 g/mol. The van der Waals surface area contributed by atoms with Crippen LogP contribution in [0.4, 0.5) is 0 Å². The number of carbonyl (C=O) groups excluding carboxylic acids is 1. The Kier molecular flexibility index (Phi) is 5.47. The number of nitrogens with two attached hydrogens (primary N) is 1. The van der Waals surface area contributed by atoms with Gasteiger partial charge in [0.2, 0.25) is 5.91 Å². The Morgan fingerprint density at radius 2 is 2.08 bits per heavy atom. The maximum absolute atomic E-state index is 11.5. The Labute approximate surface area is 153 Å². The van der Waals surface area contributed by atoms with Crippen molar-refractivity contribution in [2.75, 3.05) is 0 Å². The third-order valence-electron chi connectivity index (χ3n) is 5.02. The van der Waals surface area contributed by atoms with Crippen LogP contribution in [-0.2, 0) is 4.79 Å². The molecule has 1 aromatic heterocycles. The van der Waals surface area contributed by atoms with Crippen LogP contribution >= 0.6 is 11.8 Å². The second-order valence-electron chi connectivity index (χ2n) is 7.04. The van der Waals surface area contributed by atoms with E-state index in [1.54, 1.807) is 0 Å². The first-order chi connectivity index (χ1) is 12.0. The molecule has 2 N–H and O–H groups in total. The zero-order valence-corrected chi connectivity index (χ0v) is 15.9. The number of hydrogen-bond donors (Lipinski definition) is 1. The van der Waals surface area contributed by atoms with Crippen LogP contribution in [0.25, 0.3) is 11.4 Å². The zero-order valence-electron chi connectivity index (χ0n) is 15.1. The van der Waals surface area contributed by atoms with Crippen LogP contribution in [0.5, 0.6) is 0 Å². The molecule has 0 aliphatic heterocycles. The normalized spacial score (nSPS) is 21.9. The summed E-state index contributed by atoms with van der Waals surface area (Å²) in [4.78, 5) is 11.5. The highest BCUT2D eigenvalue weighted by atomic mass is 32.2. The summed E-state index contributed by atoms with van der Waals surface area (Å²) < 4.78 is 2.25. The topological polar surface area (TPSA) is 73.8 Å². The quantitative estimate of drug-likeness (QED) is 0.821. The largest absolute Gasteiger partial charge is 0.369 e. The van der Waals surface area contributed by atoms with Crippen molar-refractivity contribution in [3.05, 3.63) is 29.8 Å². The molecule has 1 aliphatic rings. The maximum atomic E-state index is 11.5. The van der Waals surface area contributed by atoms with Crippen LogP contribution in [0.3, 0.4) is 0 Å². The highest BCUT2D eigenvalue weighted by molar-refractivity contribution is 8.00. The molecule has 3 rings (SSSR count). The summed E-state index contributed by atoms with van der Waals surface area (Å²) >= 11 is 1.41. The predicted octanol–water partition coefficient (Wildman–Crippen LogP) is 3.97. The molecular formula is C19H26N4OS. The molecule has 1 aromatic carbocycles. The fourth-order valence-electron chi connectivity index (χ4n) is 3.53. The van der Waals surface area contributed by atoms with Crippen molar-refractivity contribution in [3.8, 4) is 11.4 Å². The van der Waals surface area contributed by atoms with Crippen molar-refractivity contribution in [2.24, 2.45) is 11.7 Å². The molecule has 1 heterocycles. The smallest absolute Gasteiger partial charge is 0.230 e. The lowest BCUT2D eigenvalue weighted by Crippen LogP contribution is -2.25. The number of primary amides is 1. The van der Waals surface area contributed by atoms with Gasteiger partial charge in [-0.15, -0.1) is 10.2 Å². The van der Waals surface area contributed by atoms with Crippen LogP contribution in [-0.4, -0.2) is 25.9 Å². The highest BCUT2D eigenvalue weighted by Crippen LogP contribution is 2.39. The van der Waals surface area contributed by atoms with Gasteiger partial charge in [-0.3, -0.25) is 9.36 Å². The molecule has 1 aliphatic carbocycles. The van der Waals surface area contributed by atoms with E-state index in [2.05, 4.69) is 46.8 Å². The van der Waals surface area contributed by atoms with Crippen LogP contribution < -0.4 is 5.73 Å². The first kappa shape index (κ1) is 18.0. The number of aromatic nitrogens is 3. The number of thioether (sulfide) groups is 1. The summed E-state index contributed by atoms with van der Waals surface area (Å²) in [6.45, 7) is 6.21. The lowest BCUT2D eigenvalue weighted by atomic mass is 9.85. The van der Waals surface area contributed by atoms with Gasteiger partial charge >= 0.3 is 0 Å². The minimum Gasteiger partial charge on any atom is -0.369 e. The van der Waals surface area contributed by atoms with Gasteiger partial charge in [-0.1, -0.05) is 55.3 Å². The molecule has 1 saturated carbocycles. The number of hydrogen-bond acceptors (Lipinski definition) is 4. The van der Waals surface area contributed by atoms with Gasteiger partial charge in [0.1, 0.15) is 0 Å². The standard InChI is InChI=1S/C19H26N4OS/c1-12-7-6-9-15(11-12)18-21-22-19(25-14(3)17(20)24)23(18)16-10-5-4-8-13(16)2/h6-7,9,11,13-14,16H,4-5,8,10H2,1-3H3,(H2,20,24)/t13-,14-,16+/m0/s1. The van der Waals surface area contributed by atoms with E-state index in [0.29, 0.717) is 12.0 Å². The number of aryl methyl sites for hydroxylation is 1. The van der Waals surface area contributed by atoms with Crippen molar-refractivity contribution < 1.29 is 4.79 Å². The Hall–Kier alpha value is -1.82. The lowest BCUT2D eigenvalue weighted by Gasteiger charge is -2.31. The second-order valence-corrected chi connectivity index (χ2v) is 8.35. The van der Waals surface area contributed by atoms with Gasteiger partial charge in [-0.05, 0) is 38.7 Å². The summed E-state index contributed by atoms with van der Waals surface area (Å²) in [6, 6.07) is 8.71. The fourth-order valence-corrected chi connectivity index (χ4v) is 4.39. The van der Waals surface area contributed by atoms with Crippen molar-refractivity contribution in [2.45, 2.75) is 62.9 Å². The number of nitrogens with zero attached hydrogens (tertiary/aromatic N) is 3. The average molecular weight is 359 g/mol. The number of amides is 1. The fraction of sp³-hybridized carbons (Fsp3) is 0.526. The monoisotopic (exact) mass is 358 g/mol. The minimum atomic E-state index is -0.327. The molecule has 0 spiro atoms. The molecule has 0 saturated heterocycles. The molecule has 1 amide bonds. The Morgan fingerprint density at radius 1 is 1.32 bits per heavy atom. The third kappa shape index (κ3) is 3.89. The van der Waals surface area contributed by atoms with E-state index in [1.165, 1.54) is 36.6 Å². The van der Waals surface area contributed by atoms with Crippen LogP contribution in [0, 0.1) is 12.8 Å². The second kappa shape index (κ2) is 7.60. The van der Waals surface area contributed by atoms with Gasteiger partial charge in [0.15, 0.2) is 11.0 Å². The molecule has 134 valence electrons. The van der Waals surface area contributed by atoms with Gasteiger partial charge in [-0.2, -0.15) is 0 Å². The molecule has 25 heavy (non-hydrogen) atoms. The number of rotatable bonds is 5. The first-order valence-electron chi connectivity index (χ1n) is 8.95. The van der Waals surface area contributed by atoms with E-state index in [4.69, 9.17) is 5.73 Å². The SMILES string of the molecule is Cc1cccc(-c2nnc(S[C@@H](C)C(N)=O)n2[C@@H]2CCCC[C@@H]2C)c1. The predicted molar refractivity (Wildman–Crippen MR) is 101 cm³/mol. The van der Waals surface area contributed by atoms with Gasteiger partial charge in [-0.25, -0.2) is 0 Å². The van der Waals surface area contributed by atoms with Crippen LogP contribution in [0.2, 0.25) is 0 Å². The highest BCUT2D eigenvalue weighted by Gasteiger charge is 2.29. The minimum absolute atomic E-state index is 0.326. The van der Waals surface area contributed by atoms with E-state index in [1.807, 2.05) is 13.0 Å². The number of carbonyl (C=O) groups is 1. The molecule has 6 heteroatoms. The summed E-state index contributed by atoms with van der Waals surface area (Å²) in [5.74, 6) is 1.13. The summed E-state index contributed by atoms with van der Waals surface area (Å²) in [5, 5.41) is 9.38. The van der Waals surface area contributed by atoms with Gasteiger partial charge in [0.25, 0.3) is 0 Å². The van der Waals surface area contributed by atoms with Crippen LogP contribution in [0.15, 0.2) is 29.4 Å². The summed E-state index contributed by atoms with van der Waals surface area (Å²) in [7, 11) is 0. The molecule has 0 unspecified atom stereocenters. The first-order valence-corrected chi connectivity index (χ1v) is 9.83. The van der Waals surface area contributed by atoms with Gasteiger partial charge in [0, 0.05) is 11.6 Å². The lowest BCUT2D eigenvalue weighted by molar-refractivity contribution is -0.117. The molecule has 3 atom stereocenters. The van der Waals surface area contributed by atoms with Crippen molar-refractivity contribution in [1.82, 2.24) is 14.8 Å². The average Bonchev–Trinajstić information content (AvgIpc) is 2.98. The van der Waals surface area contributed by atoms with E-state index in [0.717, 1.165) is 23.0 Å². The zero-order chi connectivity index (χ0) is 18.0. The van der Waals surface area contributed by atoms with E-state index in [9.17, 15) is 4.79 Å². The maximum Gasteiger partial charge on any atom is 0.230 e. The van der Waals surface area contributed by atoms with Gasteiger partial charge < -0.3 is 5.73 Å². The Bertz CT molecular complexity index is 758. The van der Waals surface area contributed by atoms with Crippen molar-refractivity contribution in [1.29, 1.82) is 0 Å². The molecule has 2 aromatic rings. The molecule has 5 nitrogen and oxygen atoms in total. The molecule has 0 bridgehead atoms. The Balaban J connectivity index is 2.05. The van der Waals surface area contributed by atoms with E-state index >= 15 is 0 Å². The Morgan fingerprint density at radius 3 is 2.76 bits per heavy atom. The molecule has 0 radical (unpaired) electrons. The third-order valence-corrected chi connectivity index (χ3v) is 6.10. The van der Waals surface area contributed by atoms with E-state index < -0.39 is 0 Å². The van der Waals surface area contributed by atoms with Crippen molar-refractivity contribution in [3.63, 3.8) is 0 Å². The summed E-state index contributed by atoms with van der Waals surface area (Å²) in [5.41, 5.74) is 7.73.